The van der Waals surface area contributed by atoms with Crippen LogP contribution in [0.1, 0.15) is 32.1 Å². The van der Waals surface area contributed by atoms with Crippen molar-refractivity contribution in [1.82, 2.24) is 30.4 Å². The van der Waals surface area contributed by atoms with Crippen LogP contribution >= 0.6 is 0 Å². The molecule has 1 aliphatic carbocycles. The van der Waals surface area contributed by atoms with Gasteiger partial charge >= 0.3 is 6.03 Å². The summed E-state index contributed by atoms with van der Waals surface area (Å²) in [4.78, 5) is 12.0. The Kier molecular flexibility index (Phi) is 6.88. The molecular weight excluding hydrogens is 412 g/mol. The van der Waals surface area contributed by atoms with E-state index in [0.717, 1.165) is 18.4 Å². The summed E-state index contributed by atoms with van der Waals surface area (Å²) in [6, 6.07) is 9.12. The first-order valence-electron chi connectivity index (χ1n) is 10.8. The van der Waals surface area contributed by atoms with Crippen LogP contribution in [-0.4, -0.2) is 59.3 Å². The van der Waals surface area contributed by atoms with Gasteiger partial charge in [-0.3, -0.25) is 0 Å². The van der Waals surface area contributed by atoms with E-state index in [2.05, 4.69) is 25.9 Å². The molecule has 0 bridgehead atoms. The minimum Gasteiger partial charge on any atom is -0.493 e. The monoisotopic (exact) mass is 440 g/mol. The van der Waals surface area contributed by atoms with Crippen LogP contribution < -0.4 is 24.8 Å². The highest BCUT2D eigenvalue weighted by molar-refractivity contribution is 5.74. The summed E-state index contributed by atoms with van der Waals surface area (Å²) in [5.74, 6) is 2.18. The Morgan fingerprint density at radius 3 is 2.66 bits per heavy atom. The quantitative estimate of drug-likeness (QED) is 0.518. The lowest BCUT2D eigenvalue weighted by molar-refractivity contribution is 0.228. The van der Waals surface area contributed by atoms with Crippen molar-refractivity contribution in [3.8, 4) is 28.8 Å². The van der Waals surface area contributed by atoms with Crippen LogP contribution in [0.3, 0.4) is 0 Å². The zero-order valence-electron chi connectivity index (χ0n) is 18.3. The molecule has 32 heavy (non-hydrogen) atoms. The number of urea groups is 1. The van der Waals surface area contributed by atoms with Crippen LogP contribution in [-0.2, 0) is 0 Å². The third-order valence-corrected chi connectivity index (χ3v) is 5.46. The molecule has 0 aliphatic heterocycles. The molecule has 1 saturated carbocycles. The van der Waals surface area contributed by atoms with Crippen LogP contribution in [0.4, 0.5) is 4.79 Å². The van der Waals surface area contributed by atoms with E-state index in [9.17, 15) is 4.79 Å². The predicted octanol–water partition coefficient (Wildman–Crippen LogP) is 2.82. The Morgan fingerprint density at radius 2 is 1.88 bits per heavy atom. The topological polar surface area (TPSA) is 112 Å². The highest BCUT2D eigenvalue weighted by atomic mass is 16.5. The van der Waals surface area contributed by atoms with E-state index < -0.39 is 0 Å². The summed E-state index contributed by atoms with van der Waals surface area (Å²) in [5, 5.41) is 18.8. The molecule has 1 aromatic carbocycles. The second kappa shape index (κ2) is 10.2. The molecule has 170 valence electrons. The number of hydrogen-bond donors (Lipinski definition) is 2. The summed E-state index contributed by atoms with van der Waals surface area (Å²) in [5.41, 5.74) is 1.37. The van der Waals surface area contributed by atoms with E-state index in [-0.39, 0.29) is 12.1 Å². The van der Waals surface area contributed by atoms with Gasteiger partial charge in [-0.1, -0.05) is 19.3 Å². The molecule has 10 nitrogen and oxygen atoms in total. The summed E-state index contributed by atoms with van der Waals surface area (Å²) in [6.45, 7) is 0.674. The van der Waals surface area contributed by atoms with Gasteiger partial charge in [0.2, 0.25) is 5.88 Å². The number of nitrogens with zero attached hydrogens (tertiary/aromatic N) is 4. The molecule has 0 unspecified atom stereocenters. The second-order valence-electron chi connectivity index (χ2n) is 7.62. The summed E-state index contributed by atoms with van der Waals surface area (Å²) >= 11 is 0. The van der Waals surface area contributed by atoms with Gasteiger partial charge in [-0.15, -0.1) is 15.3 Å². The second-order valence-corrected chi connectivity index (χ2v) is 7.62. The van der Waals surface area contributed by atoms with Gasteiger partial charge in [0, 0.05) is 17.7 Å². The molecule has 0 spiro atoms. The lowest BCUT2D eigenvalue weighted by Gasteiger charge is -2.22. The number of ether oxygens (including phenoxy) is 3. The van der Waals surface area contributed by atoms with Crippen molar-refractivity contribution in [1.29, 1.82) is 0 Å². The summed E-state index contributed by atoms with van der Waals surface area (Å²) in [7, 11) is 3.17. The van der Waals surface area contributed by atoms with Crippen LogP contribution in [0, 0.1) is 0 Å². The maximum Gasteiger partial charge on any atom is 0.315 e. The molecule has 0 saturated heterocycles. The van der Waals surface area contributed by atoms with E-state index in [4.69, 9.17) is 14.2 Å². The van der Waals surface area contributed by atoms with Crippen molar-refractivity contribution in [3.05, 3.63) is 30.3 Å². The number of fused-ring (bicyclic) bond motifs is 1. The molecule has 0 radical (unpaired) electrons. The number of aromatic nitrogens is 4. The average Bonchev–Trinajstić information content (AvgIpc) is 3.25. The number of benzene rings is 1. The molecule has 2 amide bonds. The largest absolute Gasteiger partial charge is 0.493 e. The molecular formula is C22H28N6O4. The minimum absolute atomic E-state index is 0.154. The zero-order valence-corrected chi connectivity index (χ0v) is 18.3. The van der Waals surface area contributed by atoms with Crippen LogP contribution in [0.15, 0.2) is 30.3 Å². The number of nitrogens with one attached hydrogen (secondary N) is 2. The number of amides is 2. The average molecular weight is 441 g/mol. The Morgan fingerprint density at radius 1 is 1.06 bits per heavy atom. The molecule has 3 aromatic rings. The highest BCUT2D eigenvalue weighted by Gasteiger charge is 2.16. The molecule has 1 aliphatic rings. The normalized spacial score (nSPS) is 14.2. The van der Waals surface area contributed by atoms with Gasteiger partial charge in [0.1, 0.15) is 6.61 Å². The van der Waals surface area contributed by atoms with Gasteiger partial charge in [0.05, 0.1) is 20.8 Å². The Labute approximate surface area is 186 Å². The fraction of sp³-hybridized carbons (Fsp3) is 0.455. The smallest absolute Gasteiger partial charge is 0.315 e. The molecule has 1 fully saturated rings. The van der Waals surface area contributed by atoms with Crippen LogP contribution in [0.2, 0.25) is 0 Å². The lowest BCUT2D eigenvalue weighted by atomic mass is 9.96. The zero-order chi connectivity index (χ0) is 22.3. The highest BCUT2D eigenvalue weighted by Crippen LogP contribution is 2.31. The first kappa shape index (κ1) is 21.7. The van der Waals surface area contributed by atoms with Gasteiger partial charge in [-0.2, -0.15) is 4.52 Å². The fourth-order valence-corrected chi connectivity index (χ4v) is 3.81. The summed E-state index contributed by atoms with van der Waals surface area (Å²) < 4.78 is 18.0. The van der Waals surface area contributed by atoms with Gasteiger partial charge in [-0.25, -0.2) is 4.79 Å². The molecule has 2 heterocycles. The van der Waals surface area contributed by atoms with Crippen molar-refractivity contribution in [2.45, 2.75) is 38.1 Å². The predicted molar refractivity (Wildman–Crippen MR) is 118 cm³/mol. The van der Waals surface area contributed by atoms with Gasteiger partial charge < -0.3 is 24.8 Å². The molecule has 2 N–H and O–H groups in total. The maximum absolute atomic E-state index is 12.0. The molecule has 2 aromatic heterocycles. The van der Waals surface area contributed by atoms with Crippen molar-refractivity contribution in [2.75, 3.05) is 27.4 Å². The Balaban J connectivity index is 1.37. The van der Waals surface area contributed by atoms with Crippen molar-refractivity contribution >= 4 is 11.7 Å². The Hall–Kier alpha value is -3.56. The van der Waals surface area contributed by atoms with E-state index in [0.29, 0.717) is 42.0 Å². The van der Waals surface area contributed by atoms with Crippen molar-refractivity contribution in [3.63, 3.8) is 0 Å². The third kappa shape index (κ3) is 5.01. The third-order valence-electron chi connectivity index (χ3n) is 5.46. The minimum atomic E-state index is -0.154. The fourth-order valence-electron chi connectivity index (χ4n) is 3.81. The molecule has 10 heteroatoms. The molecule has 4 rings (SSSR count). The van der Waals surface area contributed by atoms with E-state index in [1.807, 2.05) is 12.1 Å². The van der Waals surface area contributed by atoms with E-state index >= 15 is 0 Å². The van der Waals surface area contributed by atoms with Gasteiger partial charge in [0.15, 0.2) is 23.0 Å². The van der Waals surface area contributed by atoms with Gasteiger partial charge in [-0.05, 0) is 37.1 Å². The first-order chi connectivity index (χ1) is 15.7. The number of methoxy groups -OCH3 is 2. The van der Waals surface area contributed by atoms with E-state index in [1.165, 1.54) is 19.3 Å². The first-order valence-corrected chi connectivity index (χ1v) is 10.8. The SMILES string of the molecule is COc1ccc(-c2nnc3ccc(OCCNC(=O)NC4CCCCC4)nn23)cc1OC. The van der Waals surface area contributed by atoms with Crippen LogP contribution in [0.25, 0.3) is 17.0 Å². The number of rotatable bonds is 8. The Bertz CT molecular complexity index is 1060. The summed E-state index contributed by atoms with van der Waals surface area (Å²) in [6.07, 6.45) is 5.71. The standard InChI is InChI=1S/C22H28N6O4/c1-30-17-9-8-15(14-18(17)31-2)21-26-25-19-10-11-20(27-28(19)21)32-13-12-23-22(29)24-16-6-4-3-5-7-16/h8-11,14,16H,3-7,12-13H2,1-2H3,(H2,23,24,29). The van der Waals surface area contributed by atoms with E-state index in [1.54, 1.807) is 36.9 Å². The number of carbonyl (C=O) groups excluding carboxylic acids is 1. The van der Waals surface area contributed by atoms with Crippen LogP contribution in [0.5, 0.6) is 17.4 Å². The number of carbonyl (C=O) groups is 1. The maximum atomic E-state index is 12.0. The lowest BCUT2D eigenvalue weighted by Crippen LogP contribution is -2.44. The van der Waals surface area contributed by atoms with Gasteiger partial charge in [0.25, 0.3) is 0 Å². The number of hydrogen-bond acceptors (Lipinski definition) is 7. The van der Waals surface area contributed by atoms with Crippen molar-refractivity contribution in [2.24, 2.45) is 0 Å². The van der Waals surface area contributed by atoms with Crippen molar-refractivity contribution < 1.29 is 19.0 Å². The molecule has 0 atom stereocenters.